The molecule has 0 atom stereocenters. The number of phenols is 2. The Labute approximate surface area is 150 Å². The maximum Gasteiger partial charge on any atom is 0.262 e. The van der Waals surface area contributed by atoms with E-state index in [4.69, 9.17) is 44.1 Å². The molecule has 2 N–H and O–H groups in total. The molecule has 126 valence electrons. The van der Waals surface area contributed by atoms with Crippen LogP contribution in [0.4, 0.5) is 8.78 Å². The van der Waals surface area contributed by atoms with E-state index in [1.54, 1.807) is 0 Å². The van der Waals surface area contributed by atoms with Gasteiger partial charge in [-0.05, 0) is 18.2 Å². The van der Waals surface area contributed by atoms with Gasteiger partial charge in [-0.1, -0.05) is 23.2 Å². The topological polar surface area (TPSA) is 74.6 Å². The van der Waals surface area contributed by atoms with Crippen LogP contribution >= 0.6 is 46.5 Å². The van der Waals surface area contributed by atoms with E-state index in [2.05, 4.69) is 12.6 Å². The molecular weight excluding hydrogens is 417 g/mol. The Kier molecular flexibility index (Phi) is 6.79. The third kappa shape index (κ3) is 5.58. The molecule has 2 rings (SSSR count). The van der Waals surface area contributed by atoms with Gasteiger partial charge < -0.3 is 10.2 Å². The van der Waals surface area contributed by atoms with Crippen molar-refractivity contribution in [3.63, 3.8) is 0 Å². The number of hydrogen-bond acceptors (Lipinski definition) is 5. The van der Waals surface area contributed by atoms with Crippen LogP contribution in [0.5, 0.6) is 11.5 Å². The van der Waals surface area contributed by atoms with Crippen LogP contribution in [0.3, 0.4) is 0 Å². The molecule has 0 radical (unpaired) electrons. The molecule has 0 amide bonds. The zero-order valence-corrected chi connectivity index (χ0v) is 14.7. The lowest BCUT2D eigenvalue weighted by Gasteiger charge is -2.01. The Balaban J connectivity index is 0.000000238. The SMILES string of the molecule is O=S(=O)(Cl)c1cc(O)c(F)cc1Cl.Oc1cc(S)c(Cl)cc1F. The molecule has 0 fully saturated rings. The number of thiol groups is 1. The number of halogens is 5. The molecule has 0 aromatic heterocycles. The fourth-order valence-corrected chi connectivity index (χ4v) is 3.07. The Bertz CT molecular complexity index is 794. The summed E-state index contributed by atoms with van der Waals surface area (Å²) in [6.07, 6.45) is 0. The molecule has 0 aliphatic heterocycles. The summed E-state index contributed by atoms with van der Waals surface area (Å²) in [6.45, 7) is 0. The molecular formula is C12H7Cl3F2O4S2. The first-order chi connectivity index (χ1) is 10.4. The molecule has 23 heavy (non-hydrogen) atoms. The highest BCUT2D eigenvalue weighted by Crippen LogP contribution is 2.30. The fourth-order valence-electron chi connectivity index (χ4n) is 1.23. The maximum atomic E-state index is 12.6. The number of rotatable bonds is 1. The van der Waals surface area contributed by atoms with Crippen LogP contribution in [0.1, 0.15) is 0 Å². The van der Waals surface area contributed by atoms with Crippen molar-refractivity contribution in [2.75, 3.05) is 0 Å². The minimum Gasteiger partial charge on any atom is -0.505 e. The van der Waals surface area contributed by atoms with E-state index < -0.39 is 37.1 Å². The van der Waals surface area contributed by atoms with Gasteiger partial charge in [-0.15, -0.1) is 12.6 Å². The monoisotopic (exact) mass is 422 g/mol. The first-order valence-electron chi connectivity index (χ1n) is 5.43. The second kappa shape index (κ2) is 7.76. The van der Waals surface area contributed by atoms with Crippen LogP contribution in [0, 0.1) is 11.6 Å². The van der Waals surface area contributed by atoms with Crippen molar-refractivity contribution in [2.45, 2.75) is 9.79 Å². The van der Waals surface area contributed by atoms with Gasteiger partial charge >= 0.3 is 0 Å². The summed E-state index contributed by atoms with van der Waals surface area (Å²) in [7, 11) is 0.883. The molecule has 2 aromatic rings. The van der Waals surface area contributed by atoms with Gasteiger partial charge in [-0.25, -0.2) is 17.2 Å². The fraction of sp³-hybridized carbons (Fsp3) is 0. The summed E-state index contributed by atoms with van der Waals surface area (Å²) in [6, 6.07) is 3.49. The van der Waals surface area contributed by atoms with Gasteiger partial charge in [-0.3, -0.25) is 0 Å². The molecule has 0 aliphatic carbocycles. The van der Waals surface area contributed by atoms with Crippen molar-refractivity contribution in [1.82, 2.24) is 0 Å². The average molecular weight is 424 g/mol. The zero-order chi connectivity index (χ0) is 17.9. The molecule has 0 saturated heterocycles. The predicted molar refractivity (Wildman–Crippen MR) is 86.4 cm³/mol. The van der Waals surface area contributed by atoms with Crippen molar-refractivity contribution in [2.24, 2.45) is 0 Å². The summed E-state index contributed by atoms with van der Waals surface area (Å²) < 4.78 is 46.5. The van der Waals surface area contributed by atoms with Gasteiger partial charge in [-0.2, -0.15) is 0 Å². The Morgan fingerprint density at radius 3 is 1.78 bits per heavy atom. The van der Waals surface area contributed by atoms with Gasteiger partial charge in [0.2, 0.25) is 0 Å². The molecule has 0 bridgehead atoms. The first kappa shape index (κ1) is 20.1. The molecule has 4 nitrogen and oxygen atoms in total. The van der Waals surface area contributed by atoms with Crippen LogP contribution in [0.2, 0.25) is 10.0 Å². The summed E-state index contributed by atoms with van der Waals surface area (Å²) in [5, 5.41) is 17.4. The highest BCUT2D eigenvalue weighted by atomic mass is 35.7. The van der Waals surface area contributed by atoms with E-state index in [9.17, 15) is 17.2 Å². The number of aromatic hydroxyl groups is 2. The lowest BCUT2D eigenvalue weighted by atomic mass is 10.3. The lowest BCUT2D eigenvalue weighted by Crippen LogP contribution is -1.92. The average Bonchev–Trinajstić information content (AvgIpc) is 2.40. The first-order valence-corrected chi connectivity index (χ1v) is 8.94. The van der Waals surface area contributed by atoms with Gasteiger partial charge in [0, 0.05) is 21.6 Å². The number of phenolic OH excluding ortho intramolecular Hbond substituents is 2. The lowest BCUT2D eigenvalue weighted by molar-refractivity contribution is 0.430. The van der Waals surface area contributed by atoms with E-state index in [1.165, 1.54) is 0 Å². The Hall–Kier alpha value is -0.930. The number of hydrogen-bond donors (Lipinski definition) is 3. The van der Waals surface area contributed by atoms with Gasteiger partial charge in [0.15, 0.2) is 23.1 Å². The second-order valence-corrected chi connectivity index (χ2v) is 7.76. The van der Waals surface area contributed by atoms with Crippen molar-refractivity contribution in [3.8, 4) is 11.5 Å². The zero-order valence-electron chi connectivity index (χ0n) is 10.8. The van der Waals surface area contributed by atoms with E-state index >= 15 is 0 Å². The standard InChI is InChI=1S/C6H3Cl2FO3S.C6H4ClFOS/c7-3-1-4(9)5(10)2-6(3)13(8,11)12;7-3-1-4(8)5(9)2-6(3)10/h1-2,10H;1-2,9-10H. The molecule has 0 heterocycles. The van der Waals surface area contributed by atoms with Gasteiger partial charge in [0.1, 0.15) is 4.90 Å². The highest BCUT2D eigenvalue weighted by molar-refractivity contribution is 8.13. The van der Waals surface area contributed by atoms with Crippen molar-refractivity contribution in [3.05, 3.63) is 45.9 Å². The molecule has 0 saturated carbocycles. The molecule has 0 spiro atoms. The van der Waals surface area contributed by atoms with E-state index in [-0.39, 0.29) is 10.0 Å². The normalized spacial score (nSPS) is 10.9. The highest BCUT2D eigenvalue weighted by Gasteiger charge is 2.17. The van der Waals surface area contributed by atoms with Crippen molar-refractivity contribution >= 4 is 55.6 Å². The summed E-state index contributed by atoms with van der Waals surface area (Å²) in [4.78, 5) is -0.157. The van der Waals surface area contributed by atoms with E-state index in [0.29, 0.717) is 17.0 Å². The summed E-state index contributed by atoms with van der Waals surface area (Å²) in [5.74, 6) is -2.99. The maximum absolute atomic E-state index is 12.6. The minimum absolute atomic E-state index is 0.193. The molecule has 0 aliphatic rings. The smallest absolute Gasteiger partial charge is 0.262 e. The second-order valence-electron chi connectivity index (χ2n) is 3.93. The van der Waals surface area contributed by atoms with Crippen molar-refractivity contribution in [1.29, 1.82) is 0 Å². The van der Waals surface area contributed by atoms with Crippen molar-refractivity contribution < 1.29 is 27.4 Å². The quantitative estimate of drug-likeness (QED) is 0.463. The third-order valence-corrected chi connectivity index (χ3v) is 4.88. The largest absolute Gasteiger partial charge is 0.505 e. The summed E-state index contributed by atoms with van der Waals surface area (Å²) >= 11 is 14.7. The Morgan fingerprint density at radius 2 is 1.35 bits per heavy atom. The summed E-state index contributed by atoms with van der Waals surface area (Å²) in [5.41, 5.74) is 0. The predicted octanol–water partition coefficient (Wildman–Crippen LogP) is 4.59. The van der Waals surface area contributed by atoms with Crippen LogP contribution in [0.15, 0.2) is 34.1 Å². The van der Waals surface area contributed by atoms with Gasteiger partial charge in [0.05, 0.1) is 10.0 Å². The molecule has 2 aromatic carbocycles. The molecule has 0 unspecified atom stereocenters. The van der Waals surface area contributed by atoms with E-state index in [0.717, 1.165) is 12.1 Å². The van der Waals surface area contributed by atoms with Gasteiger partial charge in [0.25, 0.3) is 9.05 Å². The third-order valence-electron chi connectivity index (χ3n) is 2.28. The Morgan fingerprint density at radius 1 is 0.913 bits per heavy atom. The van der Waals surface area contributed by atoms with Crippen LogP contribution < -0.4 is 0 Å². The van der Waals surface area contributed by atoms with Crippen LogP contribution in [0.25, 0.3) is 0 Å². The van der Waals surface area contributed by atoms with E-state index in [1.807, 2.05) is 0 Å². The van der Waals surface area contributed by atoms with Crippen LogP contribution in [-0.2, 0) is 9.05 Å². The molecule has 11 heteroatoms. The van der Waals surface area contributed by atoms with Crippen LogP contribution in [-0.4, -0.2) is 18.6 Å². The minimum atomic E-state index is -4.06. The number of benzene rings is 2.